The van der Waals surface area contributed by atoms with Gasteiger partial charge in [-0.25, -0.2) is 22.2 Å². The number of hydrogen-bond acceptors (Lipinski definition) is 5. The van der Waals surface area contributed by atoms with Gasteiger partial charge in [-0.05, 0) is 42.8 Å². The Morgan fingerprint density at radius 1 is 1.31 bits per heavy atom. The van der Waals surface area contributed by atoms with Crippen LogP contribution in [-0.2, 0) is 10.0 Å². The first kappa shape index (κ1) is 21.9. The third-order valence-electron chi connectivity index (χ3n) is 5.33. The Labute approximate surface area is 184 Å². The van der Waals surface area contributed by atoms with E-state index in [4.69, 9.17) is 0 Å². The van der Waals surface area contributed by atoms with Gasteiger partial charge in [0.15, 0.2) is 5.82 Å². The number of hydrogen-bond donors (Lipinski definition) is 3. The summed E-state index contributed by atoms with van der Waals surface area (Å²) in [5.41, 5.74) is 0.0524. The number of fused-ring (bicyclic) bond motifs is 1. The van der Waals surface area contributed by atoms with Crippen LogP contribution >= 0.6 is 0 Å². The standard InChI is InChI=1S/C22H22F2N4O3S/c1-2-9-32(30,31)28-18-4-3-17(23)19(20(18)24)21(29)16-12-27-22-15(16)10-14(11-26-22)13-5-7-25-8-6-13/h3-5,7,10-13,25,28H,2,6,8-9H2,1H3,(H,26,27). The molecular weight excluding hydrogens is 438 g/mol. The molecule has 0 radical (unpaired) electrons. The van der Waals surface area contributed by atoms with Gasteiger partial charge in [-0.1, -0.05) is 13.0 Å². The van der Waals surface area contributed by atoms with E-state index in [9.17, 15) is 17.6 Å². The fourth-order valence-corrected chi connectivity index (χ4v) is 4.88. The lowest BCUT2D eigenvalue weighted by atomic mass is 9.93. The van der Waals surface area contributed by atoms with Gasteiger partial charge >= 0.3 is 0 Å². The maximum atomic E-state index is 15.1. The molecule has 0 saturated heterocycles. The van der Waals surface area contributed by atoms with Crippen molar-refractivity contribution < 1.29 is 22.0 Å². The number of aromatic nitrogens is 2. The van der Waals surface area contributed by atoms with E-state index in [2.05, 4.69) is 20.0 Å². The molecule has 1 aromatic carbocycles. The maximum Gasteiger partial charge on any atom is 0.232 e. The van der Waals surface area contributed by atoms with Gasteiger partial charge in [0.1, 0.15) is 11.5 Å². The van der Waals surface area contributed by atoms with E-state index in [1.165, 1.54) is 6.20 Å². The molecule has 0 aliphatic carbocycles. The molecule has 4 rings (SSSR count). The smallest absolute Gasteiger partial charge is 0.232 e. The van der Waals surface area contributed by atoms with Crippen LogP contribution in [0.4, 0.5) is 14.5 Å². The molecule has 3 N–H and O–H groups in total. The Morgan fingerprint density at radius 2 is 2.12 bits per heavy atom. The minimum atomic E-state index is -3.82. The summed E-state index contributed by atoms with van der Waals surface area (Å²) in [4.78, 5) is 20.4. The molecule has 168 valence electrons. The highest BCUT2D eigenvalue weighted by atomic mass is 32.2. The monoisotopic (exact) mass is 460 g/mol. The molecule has 3 aromatic rings. The zero-order valence-corrected chi connectivity index (χ0v) is 18.1. The van der Waals surface area contributed by atoms with Crippen LogP contribution in [0.1, 0.15) is 47.2 Å². The average molecular weight is 461 g/mol. The second-order valence-corrected chi connectivity index (χ2v) is 9.45. The summed E-state index contributed by atoms with van der Waals surface area (Å²) in [6.07, 6.45) is 8.08. The molecule has 0 saturated carbocycles. The minimum absolute atomic E-state index is 0.0543. The van der Waals surface area contributed by atoms with Gasteiger partial charge < -0.3 is 10.3 Å². The largest absolute Gasteiger partial charge is 0.391 e. The molecule has 10 heteroatoms. The van der Waals surface area contributed by atoms with Crippen molar-refractivity contribution in [2.45, 2.75) is 25.7 Å². The number of carbonyl (C=O) groups is 1. The number of allylic oxidation sites excluding steroid dienone is 1. The number of pyridine rings is 1. The SMILES string of the molecule is CCCS(=O)(=O)Nc1ccc(F)c(C(=O)c2c[nH]c3ncc(C4C=CNCC4)cc23)c1F. The molecule has 3 heterocycles. The highest BCUT2D eigenvalue weighted by molar-refractivity contribution is 7.92. The van der Waals surface area contributed by atoms with Crippen molar-refractivity contribution in [1.82, 2.24) is 15.3 Å². The van der Waals surface area contributed by atoms with Crippen LogP contribution < -0.4 is 10.0 Å². The lowest BCUT2D eigenvalue weighted by Gasteiger charge is -2.17. The lowest BCUT2D eigenvalue weighted by Crippen LogP contribution is -2.18. The molecular formula is C22H22F2N4O3S. The lowest BCUT2D eigenvalue weighted by molar-refractivity contribution is 0.103. The van der Waals surface area contributed by atoms with Crippen LogP contribution in [0, 0.1) is 11.6 Å². The highest BCUT2D eigenvalue weighted by Gasteiger charge is 2.26. The van der Waals surface area contributed by atoms with E-state index >= 15 is 4.39 Å². The molecule has 32 heavy (non-hydrogen) atoms. The number of halogens is 2. The summed E-state index contributed by atoms with van der Waals surface area (Å²) in [6, 6.07) is 3.63. The summed E-state index contributed by atoms with van der Waals surface area (Å²) >= 11 is 0. The second kappa shape index (κ2) is 8.70. The van der Waals surface area contributed by atoms with Gasteiger partial charge in [-0.3, -0.25) is 9.52 Å². The summed E-state index contributed by atoms with van der Waals surface area (Å²) in [6.45, 7) is 2.46. The number of ketones is 1. The first-order valence-corrected chi connectivity index (χ1v) is 11.9. The minimum Gasteiger partial charge on any atom is -0.391 e. The highest BCUT2D eigenvalue weighted by Crippen LogP contribution is 2.30. The topological polar surface area (TPSA) is 104 Å². The van der Waals surface area contributed by atoms with Gasteiger partial charge in [0.25, 0.3) is 0 Å². The number of H-pyrrole nitrogens is 1. The quantitative estimate of drug-likeness (QED) is 0.465. The molecule has 0 bridgehead atoms. The number of nitrogens with zero attached hydrogens (tertiary/aromatic N) is 1. The summed E-state index contributed by atoms with van der Waals surface area (Å²) < 4.78 is 55.8. The van der Waals surface area contributed by atoms with Crippen molar-refractivity contribution >= 4 is 32.5 Å². The molecule has 1 aliphatic heterocycles. The molecule has 0 spiro atoms. The normalized spacial score (nSPS) is 16.2. The maximum absolute atomic E-state index is 15.1. The summed E-state index contributed by atoms with van der Waals surface area (Å²) in [7, 11) is -3.82. The Morgan fingerprint density at radius 3 is 2.84 bits per heavy atom. The van der Waals surface area contributed by atoms with Crippen LogP contribution in [0.3, 0.4) is 0 Å². The molecule has 0 fully saturated rings. The third kappa shape index (κ3) is 4.22. The number of nitrogens with one attached hydrogen (secondary N) is 3. The second-order valence-electron chi connectivity index (χ2n) is 7.61. The predicted molar refractivity (Wildman–Crippen MR) is 118 cm³/mol. The van der Waals surface area contributed by atoms with Crippen molar-refractivity contribution in [1.29, 1.82) is 0 Å². The van der Waals surface area contributed by atoms with Crippen LogP contribution in [0.5, 0.6) is 0 Å². The molecule has 0 amide bonds. The number of benzene rings is 1. The molecule has 1 unspecified atom stereocenters. The van der Waals surface area contributed by atoms with E-state index in [1.807, 2.05) is 12.3 Å². The van der Waals surface area contributed by atoms with Gasteiger partial charge in [0, 0.05) is 35.8 Å². The first-order valence-electron chi connectivity index (χ1n) is 10.2. The van der Waals surface area contributed by atoms with E-state index in [-0.39, 0.29) is 17.2 Å². The van der Waals surface area contributed by atoms with Crippen molar-refractivity contribution in [3.05, 3.63) is 71.2 Å². The number of aromatic amines is 1. The van der Waals surface area contributed by atoms with Crippen molar-refractivity contribution in [3.63, 3.8) is 0 Å². The average Bonchev–Trinajstić information content (AvgIpc) is 3.19. The van der Waals surface area contributed by atoms with E-state index in [1.54, 1.807) is 19.2 Å². The van der Waals surface area contributed by atoms with Crippen LogP contribution in [0.2, 0.25) is 0 Å². The molecule has 1 aliphatic rings. The zero-order chi connectivity index (χ0) is 22.9. The first-order chi connectivity index (χ1) is 15.3. The van der Waals surface area contributed by atoms with E-state index in [0.29, 0.717) is 17.5 Å². The van der Waals surface area contributed by atoms with Crippen LogP contribution in [-0.4, -0.2) is 36.5 Å². The fourth-order valence-electron chi connectivity index (χ4n) is 3.75. The zero-order valence-electron chi connectivity index (χ0n) is 17.3. The van der Waals surface area contributed by atoms with Crippen LogP contribution in [0.15, 0.2) is 42.9 Å². The number of anilines is 1. The summed E-state index contributed by atoms with van der Waals surface area (Å²) in [5, 5.41) is 3.56. The number of rotatable bonds is 7. The Hall–Kier alpha value is -3.27. The third-order valence-corrected chi connectivity index (χ3v) is 6.80. The van der Waals surface area contributed by atoms with E-state index in [0.717, 1.165) is 30.7 Å². The molecule has 7 nitrogen and oxygen atoms in total. The number of carbonyl (C=O) groups excluding carboxylic acids is 1. The van der Waals surface area contributed by atoms with Crippen molar-refractivity contribution in [2.24, 2.45) is 0 Å². The summed E-state index contributed by atoms with van der Waals surface area (Å²) in [5.74, 6) is -3.35. The number of sulfonamides is 1. The van der Waals surface area contributed by atoms with Gasteiger partial charge in [-0.15, -0.1) is 0 Å². The van der Waals surface area contributed by atoms with Gasteiger partial charge in [-0.2, -0.15) is 0 Å². The van der Waals surface area contributed by atoms with E-state index < -0.39 is 38.7 Å². The predicted octanol–water partition coefficient (Wildman–Crippen LogP) is 3.81. The van der Waals surface area contributed by atoms with Gasteiger partial charge in [0.05, 0.1) is 17.0 Å². The molecule has 1 atom stereocenters. The molecule has 2 aromatic heterocycles. The van der Waals surface area contributed by atoms with Crippen molar-refractivity contribution in [3.8, 4) is 0 Å². The Kier molecular flexibility index (Phi) is 5.96. The Bertz CT molecular complexity index is 1320. The fraction of sp³-hybridized carbons (Fsp3) is 0.273. The van der Waals surface area contributed by atoms with Crippen LogP contribution in [0.25, 0.3) is 11.0 Å². The van der Waals surface area contributed by atoms with Gasteiger partial charge in [0.2, 0.25) is 15.8 Å². The van der Waals surface area contributed by atoms with Crippen molar-refractivity contribution in [2.75, 3.05) is 17.0 Å². The Balaban J connectivity index is 1.75.